The molecule has 2 heterocycles. The van der Waals surface area contributed by atoms with E-state index in [9.17, 15) is 0 Å². The molecular formula is C11H22O3Si. The average Bonchev–Trinajstić information content (AvgIpc) is 1.95. The van der Waals surface area contributed by atoms with Crippen LogP contribution >= 0.6 is 0 Å². The molecule has 2 saturated heterocycles. The molecule has 2 aliphatic heterocycles. The fraction of sp³-hybridized carbons (Fsp3) is 1.00. The van der Waals surface area contributed by atoms with Crippen LogP contribution in [0.3, 0.4) is 0 Å². The highest BCUT2D eigenvalue weighted by molar-refractivity contribution is 6.50. The van der Waals surface area contributed by atoms with Gasteiger partial charge in [-0.05, 0) is 19.5 Å². The minimum Gasteiger partial charge on any atom is -0.414 e. The third-order valence-electron chi connectivity index (χ3n) is 3.93. The van der Waals surface area contributed by atoms with Crippen LogP contribution in [0.25, 0.3) is 0 Å². The molecule has 0 aliphatic carbocycles. The lowest BCUT2D eigenvalue weighted by molar-refractivity contribution is -0.201. The van der Waals surface area contributed by atoms with Gasteiger partial charge in [-0.25, -0.2) is 0 Å². The summed E-state index contributed by atoms with van der Waals surface area (Å²) < 4.78 is 17.0. The Bertz CT molecular complexity index is 200. The Morgan fingerprint density at radius 1 is 1.20 bits per heavy atom. The maximum atomic E-state index is 6.37. The molecule has 2 fully saturated rings. The summed E-state index contributed by atoms with van der Waals surface area (Å²) in [4.78, 5) is 0. The zero-order valence-electron chi connectivity index (χ0n) is 9.99. The predicted molar refractivity (Wildman–Crippen MR) is 61.6 cm³/mol. The zero-order chi connectivity index (χ0) is 10.9. The topological polar surface area (TPSA) is 27.7 Å². The van der Waals surface area contributed by atoms with Crippen molar-refractivity contribution < 1.29 is 13.9 Å². The van der Waals surface area contributed by atoms with Gasteiger partial charge in [-0.3, -0.25) is 0 Å². The lowest BCUT2D eigenvalue weighted by Crippen LogP contribution is -2.60. The van der Waals surface area contributed by atoms with E-state index in [0.717, 1.165) is 26.4 Å². The predicted octanol–water partition coefficient (Wildman–Crippen LogP) is 1.43. The van der Waals surface area contributed by atoms with Gasteiger partial charge in [0.15, 0.2) is 9.04 Å². The largest absolute Gasteiger partial charge is 0.414 e. The summed E-state index contributed by atoms with van der Waals surface area (Å²) in [7, 11) is -0.990. The molecule has 15 heavy (non-hydrogen) atoms. The zero-order valence-corrected chi connectivity index (χ0v) is 11.1. The van der Waals surface area contributed by atoms with Gasteiger partial charge in [0, 0.05) is 11.8 Å². The van der Waals surface area contributed by atoms with Gasteiger partial charge in [0.25, 0.3) is 0 Å². The van der Waals surface area contributed by atoms with E-state index in [2.05, 4.69) is 20.4 Å². The molecule has 1 unspecified atom stereocenters. The van der Waals surface area contributed by atoms with E-state index >= 15 is 0 Å². The number of hydrogen-bond donors (Lipinski definition) is 0. The molecule has 0 radical (unpaired) electrons. The van der Waals surface area contributed by atoms with Crippen LogP contribution in [0.5, 0.6) is 0 Å². The van der Waals surface area contributed by atoms with E-state index in [-0.39, 0.29) is 5.60 Å². The van der Waals surface area contributed by atoms with Crippen LogP contribution < -0.4 is 0 Å². The second-order valence-corrected chi connectivity index (χ2v) is 7.66. The van der Waals surface area contributed by atoms with Crippen LogP contribution in [0.15, 0.2) is 0 Å². The van der Waals surface area contributed by atoms with Crippen LogP contribution in [0.2, 0.25) is 12.6 Å². The van der Waals surface area contributed by atoms with E-state index in [1.165, 1.54) is 6.04 Å². The van der Waals surface area contributed by atoms with Crippen molar-refractivity contribution in [3.63, 3.8) is 0 Å². The molecule has 0 bridgehead atoms. The Morgan fingerprint density at radius 2 is 1.67 bits per heavy atom. The lowest BCUT2D eigenvalue weighted by Gasteiger charge is -2.51. The first kappa shape index (κ1) is 11.6. The number of hydrogen-bond acceptors (Lipinski definition) is 3. The molecule has 0 aromatic rings. The highest BCUT2D eigenvalue weighted by Crippen LogP contribution is 2.39. The van der Waals surface area contributed by atoms with Crippen molar-refractivity contribution in [1.29, 1.82) is 0 Å². The van der Waals surface area contributed by atoms with E-state index in [1.807, 2.05) is 0 Å². The lowest BCUT2D eigenvalue weighted by atomic mass is 9.76. The summed E-state index contributed by atoms with van der Waals surface area (Å²) in [6.45, 7) is 10.3. The van der Waals surface area contributed by atoms with Gasteiger partial charge in [-0.1, -0.05) is 6.92 Å². The maximum Gasteiger partial charge on any atom is 0.174 e. The molecule has 3 nitrogen and oxygen atoms in total. The maximum absolute atomic E-state index is 6.37. The first-order valence-electron chi connectivity index (χ1n) is 6.00. The molecule has 1 atom stereocenters. The Morgan fingerprint density at radius 3 is 1.93 bits per heavy atom. The Hall–Kier alpha value is 0.0969. The van der Waals surface area contributed by atoms with Crippen molar-refractivity contribution in [3.8, 4) is 0 Å². The van der Waals surface area contributed by atoms with E-state index in [0.29, 0.717) is 11.8 Å². The Balaban J connectivity index is 1.99. The van der Waals surface area contributed by atoms with Crippen LogP contribution in [-0.4, -0.2) is 41.1 Å². The highest BCUT2D eigenvalue weighted by atomic mass is 28.3. The van der Waals surface area contributed by atoms with Gasteiger partial charge >= 0.3 is 0 Å². The molecule has 0 aromatic carbocycles. The molecule has 2 rings (SSSR count). The summed E-state index contributed by atoms with van der Waals surface area (Å²) in [5.74, 6) is 1.18. The van der Waals surface area contributed by atoms with E-state index in [1.54, 1.807) is 0 Å². The van der Waals surface area contributed by atoms with Crippen molar-refractivity contribution in [2.24, 2.45) is 11.8 Å². The van der Waals surface area contributed by atoms with Crippen molar-refractivity contribution in [2.45, 2.75) is 32.0 Å². The molecule has 4 heteroatoms. The SMILES string of the molecule is CC[SiH](C)OC(C)(C1COC1)C1COC1. The summed E-state index contributed by atoms with van der Waals surface area (Å²) in [6, 6.07) is 1.21. The number of ether oxygens (including phenoxy) is 2. The van der Waals surface area contributed by atoms with Crippen molar-refractivity contribution in [2.75, 3.05) is 26.4 Å². The van der Waals surface area contributed by atoms with Gasteiger partial charge in [-0.15, -0.1) is 0 Å². The second kappa shape index (κ2) is 4.53. The van der Waals surface area contributed by atoms with Crippen LogP contribution in [0.4, 0.5) is 0 Å². The highest BCUT2D eigenvalue weighted by Gasteiger charge is 2.49. The Kier molecular flexibility index (Phi) is 3.50. The fourth-order valence-electron chi connectivity index (χ4n) is 2.18. The third-order valence-corrected chi connectivity index (χ3v) is 5.99. The van der Waals surface area contributed by atoms with Gasteiger partial charge in [-0.2, -0.15) is 0 Å². The monoisotopic (exact) mass is 230 g/mol. The molecule has 0 N–H and O–H groups in total. The van der Waals surface area contributed by atoms with Crippen LogP contribution in [0, 0.1) is 11.8 Å². The normalized spacial score (nSPS) is 25.8. The van der Waals surface area contributed by atoms with Crippen molar-refractivity contribution in [3.05, 3.63) is 0 Å². The Labute approximate surface area is 93.8 Å². The van der Waals surface area contributed by atoms with Crippen LogP contribution in [0.1, 0.15) is 13.8 Å². The number of rotatable bonds is 5. The molecule has 0 aromatic heterocycles. The smallest absolute Gasteiger partial charge is 0.174 e. The van der Waals surface area contributed by atoms with Crippen molar-refractivity contribution >= 4 is 9.04 Å². The first-order chi connectivity index (χ1) is 7.16. The first-order valence-corrected chi connectivity index (χ1v) is 8.44. The quantitative estimate of drug-likeness (QED) is 0.669. The minimum atomic E-state index is -0.990. The minimum absolute atomic E-state index is 0.0259. The van der Waals surface area contributed by atoms with Gasteiger partial charge in [0.1, 0.15) is 0 Å². The molecule has 2 aliphatic rings. The summed E-state index contributed by atoms with van der Waals surface area (Å²) in [5.41, 5.74) is 0.0259. The molecule has 0 spiro atoms. The summed E-state index contributed by atoms with van der Waals surface area (Å²) >= 11 is 0. The molecular weight excluding hydrogens is 208 g/mol. The molecule has 0 amide bonds. The third kappa shape index (κ3) is 2.13. The summed E-state index contributed by atoms with van der Waals surface area (Å²) in [5, 5.41) is 0. The molecule has 88 valence electrons. The van der Waals surface area contributed by atoms with Gasteiger partial charge in [0.05, 0.1) is 32.0 Å². The van der Waals surface area contributed by atoms with Crippen molar-refractivity contribution in [1.82, 2.24) is 0 Å². The van der Waals surface area contributed by atoms with E-state index in [4.69, 9.17) is 13.9 Å². The van der Waals surface area contributed by atoms with E-state index < -0.39 is 9.04 Å². The second-order valence-electron chi connectivity index (χ2n) is 4.99. The summed E-state index contributed by atoms with van der Waals surface area (Å²) in [6.07, 6.45) is 0. The van der Waals surface area contributed by atoms with Gasteiger partial charge < -0.3 is 13.9 Å². The molecule has 0 saturated carbocycles. The standard InChI is InChI=1S/C11H22O3Si/c1-4-15(3)14-11(2,9-5-12-6-9)10-7-13-8-10/h9-10,15H,4-8H2,1-3H3. The van der Waals surface area contributed by atoms with Gasteiger partial charge in [0.2, 0.25) is 0 Å². The average molecular weight is 230 g/mol. The fourth-order valence-corrected chi connectivity index (χ4v) is 3.59. The van der Waals surface area contributed by atoms with Crippen LogP contribution in [-0.2, 0) is 13.9 Å².